The van der Waals surface area contributed by atoms with Crippen LogP contribution in [0.5, 0.6) is 0 Å². The van der Waals surface area contributed by atoms with Gasteiger partial charge >= 0.3 is 0 Å². The van der Waals surface area contributed by atoms with Gasteiger partial charge < -0.3 is 0 Å². The standard InChI is InChI=1S/C12H14IN/c1-9(2)12(3,8-14)10-6-4-5-7-11(10)13/h4-7,9H,1-3H3. The maximum Gasteiger partial charge on any atom is 0.0827 e. The van der Waals surface area contributed by atoms with Gasteiger partial charge in [-0.1, -0.05) is 32.0 Å². The van der Waals surface area contributed by atoms with E-state index in [2.05, 4.69) is 42.5 Å². The zero-order valence-corrected chi connectivity index (χ0v) is 10.9. The van der Waals surface area contributed by atoms with Crippen LogP contribution in [0.2, 0.25) is 0 Å². The summed E-state index contributed by atoms with van der Waals surface area (Å²) in [7, 11) is 0. The van der Waals surface area contributed by atoms with Gasteiger partial charge in [-0.3, -0.25) is 0 Å². The lowest BCUT2D eigenvalue weighted by atomic mass is 9.75. The molecule has 0 radical (unpaired) electrons. The van der Waals surface area contributed by atoms with Gasteiger partial charge in [0.05, 0.1) is 11.5 Å². The Morgan fingerprint density at radius 1 is 1.36 bits per heavy atom. The van der Waals surface area contributed by atoms with Crippen molar-refractivity contribution in [1.82, 2.24) is 0 Å². The average molecular weight is 299 g/mol. The Hall–Kier alpha value is -0.560. The van der Waals surface area contributed by atoms with E-state index in [-0.39, 0.29) is 5.41 Å². The minimum atomic E-state index is -0.377. The molecule has 1 atom stereocenters. The first-order valence-electron chi connectivity index (χ1n) is 4.68. The molecule has 1 nitrogen and oxygen atoms in total. The SMILES string of the molecule is CC(C)C(C)(C#N)c1ccccc1I. The van der Waals surface area contributed by atoms with Crippen LogP contribution in [-0.4, -0.2) is 0 Å². The Labute approximate surface area is 99.3 Å². The second kappa shape index (κ2) is 4.31. The van der Waals surface area contributed by atoms with Gasteiger partial charge in [0.15, 0.2) is 0 Å². The smallest absolute Gasteiger partial charge is 0.0827 e. The zero-order chi connectivity index (χ0) is 10.8. The van der Waals surface area contributed by atoms with E-state index in [1.54, 1.807) is 0 Å². The Bertz CT molecular complexity index is 365. The van der Waals surface area contributed by atoms with Crippen molar-refractivity contribution in [3.8, 4) is 6.07 Å². The van der Waals surface area contributed by atoms with Gasteiger partial charge in [0, 0.05) is 3.57 Å². The van der Waals surface area contributed by atoms with Crippen molar-refractivity contribution in [2.24, 2.45) is 5.92 Å². The summed E-state index contributed by atoms with van der Waals surface area (Å²) in [5, 5.41) is 9.28. The molecule has 1 aromatic rings. The molecule has 1 unspecified atom stereocenters. The molecule has 0 spiro atoms. The van der Waals surface area contributed by atoms with Gasteiger partial charge in [0.2, 0.25) is 0 Å². The predicted octanol–water partition coefficient (Wildman–Crippen LogP) is 3.73. The molecule has 0 saturated heterocycles. The molecule has 14 heavy (non-hydrogen) atoms. The van der Waals surface area contributed by atoms with Crippen molar-refractivity contribution in [2.75, 3.05) is 0 Å². The number of hydrogen-bond acceptors (Lipinski definition) is 1. The summed E-state index contributed by atoms with van der Waals surface area (Å²) in [6.45, 7) is 6.19. The number of hydrogen-bond donors (Lipinski definition) is 0. The molecule has 0 fully saturated rings. The fourth-order valence-electron chi connectivity index (χ4n) is 1.38. The summed E-state index contributed by atoms with van der Waals surface area (Å²) in [6.07, 6.45) is 0. The van der Waals surface area contributed by atoms with Gasteiger partial charge in [-0.2, -0.15) is 5.26 Å². The van der Waals surface area contributed by atoms with Crippen molar-refractivity contribution in [3.05, 3.63) is 33.4 Å². The van der Waals surface area contributed by atoms with Gasteiger partial charge in [0.1, 0.15) is 0 Å². The molecule has 0 saturated carbocycles. The summed E-state index contributed by atoms with van der Waals surface area (Å²) in [4.78, 5) is 0. The van der Waals surface area contributed by atoms with E-state index in [1.165, 1.54) is 3.57 Å². The second-order valence-corrected chi connectivity index (χ2v) is 5.11. The second-order valence-electron chi connectivity index (χ2n) is 3.95. The van der Waals surface area contributed by atoms with Crippen molar-refractivity contribution in [2.45, 2.75) is 26.2 Å². The largest absolute Gasteiger partial charge is 0.197 e. The minimum absolute atomic E-state index is 0.323. The summed E-state index contributed by atoms with van der Waals surface area (Å²) in [6, 6.07) is 10.5. The number of halogens is 1. The van der Waals surface area contributed by atoms with E-state index >= 15 is 0 Å². The number of nitriles is 1. The number of nitrogens with zero attached hydrogens (tertiary/aromatic N) is 1. The maximum absolute atomic E-state index is 9.28. The number of rotatable bonds is 2. The molecule has 1 aromatic carbocycles. The fraction of sp³-hybridized carbons (Fsp3) is 0.417. The third-order valence-corrected chi connectivity index (χ3v) is 3.76. The molecule has 74 valence electrons. The first-order chi connectivity index (χ1) is 6.52. The van der Waals surface area contributed by atoms with Crippen LogP contribution >= 0.6 is 22.6 Å². The third kappa shape index (κ3) is 1.93. The van der Waals surface area contributed by atoms with Crippen LogP contribution < -0.4 is 0 Å². The van der Waals surface area contributed by atoms with Gasteiger partial charge in [-0.05, 0) is 47.1 Å². The summed E-state index contributed by atoms with van der Waals surface area (Å²) < 4.78 is 1.17. The first-order valence-corrected chi connectivity index (χ1v) is 5.76. The lowest BCUT2D eigenvalue weighted by Gasteiger charge is -2.27. The van der Waals surface area contributed by atoms with Crippen LogP contribution in [0.1, 0.15) is 26.3 Å². The monoisotopic (exact) mass is 299 g/mol. The number of benzene rings is 1. The molecule has 0 aliphatic carbocycles. The molecule has 0 aliphatic heterocycles. The van der Waals surface area contributed by atoms with E-state index in [1.807, 2.05) is 31.2 Å². The summed E-state index contributed by atoms with van der Waals surface area (Å²) >= 11 is 2.29. The Morgan fingerprint density at radius 2 is 1.93 bits per heavy atom. The van der Waals surface area contributed by atoms with Crippen LogP contribution in [0.4, 0.5) is 0 Å². The summed E-state index contributed by atoms with van der Waals surface area (Å²) in [5.41, 5.74) is 0.760. The molecule has 0 heterocycles. The van der Waals surface area contributed by atoms with Crippen LogP contribution in [0.15, 0.2) is 24.3 Å². The average Bonchev–Trinajstić information content (AvgIpc) is 2.17. The quantitative estimate of drug-likeness (QED) is 0.763. The highest BCUT2D eigenvalue weighted by Crippen LogP contribution is 2.33. The molecule has 0 aromatic heterocycles. The normalized spacial score (nSPS) is 14.9. The molecule has 0 aliphatic rings. The molecular formula is C12H14IN. The molecule has 1 rings (SSSR count). The van der Waals surface area contributed by atoms with Crippen molar-refractivity contribution in [3.63, 3.8) is 0 Å². The lowest BCUT2D eigenvalue weighted by Crippen LogP contribution is -2.27. The summed E-state index contributed by atoms with van der Waals surface area (Å²) in [5.74, 6) is 0.323. The molecule has 0 bridgehead atoms. The van der Waals surface area contributed by atoms with Crippen LogP contribution in [0.3, 0.4) is 0 Å². The molecular weight excluding hydrogens is 285 g/mol. The Balaban J connectivity index is 3.28. The highest BCUT2D eigenvalue weighted by molar-refractivity contribution is 14.1. The highest BCUT2D eigenvalue weighted by atomic mass is 127. The van der Waals surface area contributed by atoms with Gasteiger partial charge in [-0.15, -0.1) is 0 Å². The maximum atomic E-state index is 9.28. The van der Waals surface area contributed by atoms with E-state index in [9.17, 15) is 5.26 Å². The zero-order valence-electron chi connectivity index (χ0n) is 8.71. The van der Waals surface area contributed by atoms with Crippen molar-refractivity contribution >= 4 is 22.6 Å². The van der Waals surface area contributed by atoms with Crippen molar-refractivity contribution in [1.29, 1.82) is 5.26 Å². The Kier molecular flexibility index (Phi) is 3.54. The van der Waals surface area contributed by atoms with Gasteiger partial charge in [-0.25, -0.2) is 0 Å². The Morgan fingerprint density at radius 3 is 2.36 bits per heavy atom. The van der Waals surface area contributed by atoms with Gasteiger partial charge in [0.25, 0.3) is 0 Å². The van der Waals surface area contributed by atoms with Crippen LogP contribution in [-0.2, 0) is 5.41 Å². The molecule has 0 amide bonds. The molecule has 0 N–H and O–H groups in total. The topological polar surface area (TPSA) is 23.8 Å². The van der Waals surface area contributed by atoms with Crippen LogP contribution in [0.25, 0.3) is 0 Å². The van der Waals surface area contributed by atoms with E-state index < -0.39 is 0 Å². The lowest BCUT2D eigenvalue weighted by molar-refractivity contribution is 0.429. The molecule has 2 heteroatoms. The van der Waals surface area contributed by atoms with E-state index in [4.69, 9.17) is 0 Å². The van der Waals surface area contributed by atoms with E-state index in [0.717, 1.165) is 5.56 Å². The minimum Gasteiger partial charge on any atom is -0.197 e. The first kappa shape index (κ1) is 11.5. The predicted molar refractivity (Wildman–Crippen MR) is 67.0 cm³/mol. The fourth-order valence-corrected chi connectivity index (χ4v) is 2.33. The third-order valence-electron chi connectivity index (χ3n) is 2.82. The van der Waals surface area contributed by atoms with Crippen LogP contribution in [0, 0.1) is 20.8 Å². The van der Waals surface area contributed by atoms with E-state index in [0.29, 0.717) is 5.92 Å². The highest BCUT2D eigenvalue weighted by Gasteiger charge is 2.31. The van der Waals surface area contributed by atoms with Crippen molar-refractivity contribution < 1.29 is 0 Å².